The van der Waals surface area contributed by atoms with Crippen molar-refractivity contribution in [2.45, 2.75) is 5.03 Å². The Morgan fingerprint density at radius 2 is 1.88 bits per heavy atom. The normalized spacial score (nSPS) is 11.6. The topological polar surface area (TPSA) is 64.0 Å². The van der Waals surface area contributed by atoms with Crippen molar-refractivity contribution in [1.29, 1.82) is 0 Å². The second-order valence-electron chi connectivity index (χ2n) is 3.27. The number of nitrogens with one attached hydrogen (secondary N) is 1. The first kappa shape index (κ1) is 11.7. The van der Waals surface area contributed by atoms with Crippen LogP contribution in [0.4, 0.5) is 4.39 Å². The van der Waals surface area contributed by atoms with Crippen LogP contribution in [-0.4, -0.2) is 25.2 Å². The summed E-state index contributed by atoms with van der Waals surface area (Å²) in [6.07, 6.45) is 1.37. The van der Waals surface area contributed by atoms with Crippen LogP contribution in [0.15, 0.2) is 41.6 Å². The van der Waals surface area contributed by atoms with E-state index in [1.165, 1.54) is 48.3 Å². The lowest BCUT2D eigenvalue weighted by molar-refractivity contribution is 0.577. The zero-order chi connectivity index (χ0) is 12.5. The predicted molar refractivity (Wildman–Crippen MR) is 59.8 cm³/mol. The predicted octanol–water partition coefficient (Wildman–Crippen LogP) is 0.919. The molecule has 90 valence electrons. The Morgan fingerprint density at radius 3 is 2.47 bits per heavy atom. The second-order valence-corrected chi connectivity index (χ2v) is 5.10. The first-order valence-electron chi connectivity index (χ1n) is 4.78. The highest BCUT2D eigenvalue weighted by molar-refractivity contribution is 7.89. The van der Waals surface area contributed by atoms with E-state index >= 15 is 0 Å². The third-order valence-electron chi connectivity index (χ3n) is 2.22. The third-order valence-corrected chi connectivity index (χ3v) is 3.62. The molecule has 1 aromatic heterocycles. The molecule has 5 nitrogen and oxygen atoms in total. The lowest BCUT2D eigenvalue weighted by atomic mass is 10.3. The van der Waals surface area contributed by atoms with Crippen LogP contribution in [0.5, 0.6) is 0 Å². The van der Waals surface area contributed by atoms with Crippen molar-refractivity contribution in [3.05, 3.63) is 42.3 Å². The molecule has 0 atom stereocenters. The summed E-state index contributed by atoms with van der Waals surface area (Å²) in [6, 6.07) is 6.77. The van der Waals surface area contributed by atoms with E-state index in [-0.39, 0.29) is 10.8 Å². The van der Waals surface area contributed by atoms with E-state index in [0.29, 0.717) is 5.69 Å². The summed E-state index contributed by atoms with van der Waals surface area (Å²) in [7, 11) is -2.27. The number of rotatable bonds is 3. The fourth-order valence-corrected chi connectivity index (χ4v) is 2.20. The Labute approximate surface area is 97.9 Å². The van der Waals surface area contributed by atoms with Crippen LogP contribution >= 0.6 is 0 Å². The van der Waals surface area contributed by atoms with Crippen molar-refractivity contribution in [1.82, 2.24) is 14.5 Å². The molecule has 0 fully saturated rings. The van der Waals surface area contributed by atoms with Gasteiger partial charge in [0, 0.05) is 0 Å². The molecule has 0 bridgehead atoms. The molecule has 1 aromatic carbocycles. The molecule has 0 aliphatic carbocycles. The van der Waals surface area contributed by atoms with Crippen LogP contribution < -0.4 is 4.72 Å². The molecule has 17 heavy (non-hydrogen) atoms. The largest absolute Gasteiger partial charge is 0.257 e. The van der Waals surface area contributed by atoms with Crippen molar-refractivity contribution in [3.63, 3.8) is 0 Å². The molecule has 0 saturated carbocycles. The molecule has 7 heteroatoms. The summed E-state index contributed by atoms with van der Waals surface area (Å²) >= 11 is 0. The summed E-state index contributed by atoms with van der Waals surface area (Å²) < 4.78 is 39.6. The van der Waals surface area contributed by atoms with Crippen LogP contribution in [-0.2, 0) is 10.0 Å². The zero-order valence-corrected chi connectivity index (χ0v) is 9.78. The van der Waals surface area contributed by atoms with E-state index in [2.05, 4.69) is 9.82 Å². The number of sulfonamides is 1. The maximum atomic E-state index is 12.8. The number of benzene rings is 1. The fraction of sp³-hybridized carbons (Fsp3) is 0.100. The number of hydrogen-bond acceptors (Lipinski definition) is 3. The van der Waals surface area contributed by atoms with E-state index in [1.54, 1.807) is 0 Å². The monoisotopic (exact) mass is 255 g/mol. The standard InChI is InChI=1S/C10H10FN3O2S/c1-12-17(15,16)10-6-7-13-14(10)9-4-2-8(11)3-5-9/h2-7,12H,1H3. The van der Waals surface area contributed by atoms with Gasteiger partial charge in [0.2, 0.25) is 0 Å². The van der Waals surface area contributed by atoms with E-state index in [4.69, 9.17) is 0 Å². The van der Waals surface area contributed by atoms with Gasteiger partial charge in [-0.1, -0.05) is 0 Å². The highest BCUT2D eigenvalue weighted by Crippen LogP contribution is 2.14. The van der Waals surface area contributed by atoms with Crippen molar-refractivity contribution >= 4 is 10.0 Å². The quantitative estimate of drug-likeness (QED) is 0.887. The Hall–Kier alpha value is -1.73. The van der Waals surface area contributed by atoms with Crippen LogP contribution in [0.25, 0.3) is 5.69 Å². The number of hydrogen-bond donors (Lipinski definition) is 1. The van der Waals surface area contributed by atoms with E-state index in [1.807, 2.05) is 0 Å². The van der Waals surface area contributed by atoms with Crippen molar-refractivity contribution in [2.24, 2.45) is 0 Å². The minimum Gasteiger partial charge on any atom is -0.221 e. The van der Waals surface area contributed by atoms with Gasteiger partial charge in [-0.05, 0) is 37.4 Å². The molecule has 2 rings (SSSR count). The summed E-state index contributed by atoms with van der Waals surface area (Å²) in [6.45, 7) is 0. The van der Waals surface area contributed by atoms with Gasteiger partial charge >= 0.3 is 0 Å². The molecule has 0 amide bonds. The van der Waals surface area contributed by atoms with Gasteiger partial charge in [0.1, 0.15) is 5.82 Å². The third kappa shape index (κ3) is 2.20. The number of halogens is 1. The smallest absolute Gasteiger partial charge is 0.221 e. The Kier molecular flexibility index (Phi) is 2.95. The average molecular weight is 255 g/mol. The molecule has 0 saturated heterocycles. The van der Waals surface area contributed by atoms with Gasteiger partial charge in [0.15, 0.2) is 5.03 Å². The SMILES string of the molecule is CNS(=O)(=O)c1ccnn1-c1ccc(F)cc1. The number of aromatic nitrogens is 2. The molecule has 0 aliphatic rings. The van der Waals surface area contributed by atoms with E-state index in [0.717, 1.165) is 0 Å². The van der Waals surface area contributed by atoms with Gasteiger partial charge < -0.3 is 0 Å². The highest BCUT2D eigenvalue weighted by atomic mass is 32.2. The first-order valence-corrected chi connectivity index (χ1v) is 6.26. The molecule has 2 aromatic rings. The minimum atomic E-state index is -3.59. The zero-order valence-electron chi connectivity index (χ0n) is 8.96. The lowest BCUT2D eigenvalue weighted by Crippen LogP contribution is -2.21. The maximum absolute atomic E-state index is 12.8. The molecular weight excluding hydrogens is 245 g/mol. The van der Waals surface area contributed by atoms with Crippen LogP contribution in [0.1, 0.15) is 0 Å². The Morgan fingerprint density at radius 1 is 1.24 bits per heavy atom. The highest BCUT2D eigenvalue weighted by Gasteiger charge is 2.18. The first-order chi connectivity index (χ1) is 8.04. The summed E-state index contributed by atoms with van der Waals surface area (Å²) in [5, 5.41) is 3.91. The lowest BCUT2D eigenvalue weighted by Gasteiger charge is -2.07. The van der Waals surface area contributed by atoms with Crippen LogP contribution in [0.3, 0.4) is 0 Å². The van der Waals surface area contributed by atoms with Gasteiger partial charge in [0.05, 0.1) is 11.9 Å². The van der Waals surface area contributed by atoms with Crippen molar-refractivity contribution in [2.75, 3.05) is 7.05 Å². The maximum Gasteiger partial charge on any atom is 0.257 e. The van der Waals surface area contributed by atoms with Crippen LogP contribution in [0.2, 0.25) is 0 Å². The van der Waals surface area contributed by atoms with Gasteiger partial charge in [-0.15, -0.1) is 0 Å². The Balaban J connectivity index is 2.55. The van der Waals surface area contributed by atoms with Crippen LogP contribution in [0, 0.1) is 5.82 Å². The second kappa shape index (κ2) is 4.27. The molecular formula is C10H10FN3O2S. The fourth-order valence-electron chi connectivity index (χ4n) is 1.38. The Bertz CT molecular complexity index is 619. The van der Waals surface area contributed by atoms with E-state index < -0.39 is 10.0 Å². The molecule has 0 radical (unpaired) electrons. The molecule has 1 heterocycles. The van der Waals surface area contributed by atoms with E-state index in [9.17, 15) is 12.8 Å². The molecule has 0 spiro atoms. The van der Waals surface area contributed by atoms with Gasteiger partial charge in [-0.3, -0.25) is 0 Å². The van der Waals surface area contributed by atoms with Gasteiger partial charge in [-0.2, -0.15) is 5.10 Å². The molecule has 0 unspecified atom stereocenters. The van der Waals surface area contributed by atoms with Gasteiger partial charge in [-0.25, -0.2) is 22.2 Å². The average Bonchev–Trinajstić information content (AvgIpc) is 2.80. The number of nitrogens with zero attached hydrogens (tertiary/aromatic N) is 2. The summed E-state index contributed by atoms with van der Waals surface area (Å²) in [5.41, 5.74) is 0.477. The minimum absolute atomic E-state index is 0.00612. The molecule has 0 aliphatic heterocycles. The summed E-state index contributed by atoms with van der Waals surface area (Å²) in [5.74, 6) is -0.390. The summed E-state index contributed by atoms with van der Waals surface area (Å²) in [4.78, 5) is 0. The molecule has 1 N–H and O–H groups in total. The van der Waals surface area contributed by atoms with Crippen molar-refractivity contribution in [3.8, 4) is 5.69 Å². The van der Waals surface area contributed by atoms with Gasteiger partial charge in [0.25, 0.3) is 10.0 Å². The van der Waals surface area contributed by atoms with Crippen molar-refractivity contribution < 1.29 is 12.8 Å².